The molecule has 0 spiro atoms. The Morgan fingerprint density at radius 1 is 1.37 bits per heavy atom. The van der Waals surface area contributed by atoms with Crippen LogP contribution in [0.25, 0.3) is 11.0 Å². The highest BCUT2D eigenvalue weighted by Crippen LogP contribution is 2.29. The standard InChI is InChI=1S/C20H30F2N4O3Si/c1-25-7-6-13(11-25)23-20-24-17-16(22)15(21)10-14(19(27)28-2)18(17)26(20)12-29-8-9-30(3,4)5/h10,13H,6-9,11-12H2,1-5H3,(H,23,24)/t13-/m0/s1. The van der Waals surface area contributed by atoms with E-state index >= 15 is 0 Å². The maximum Gasteiger partial charge on any atom is 0.340 e. The van der Waals surface area contributed by atoms with E-state index in [0.717, 1.165) is 31.6 Å². The third-order valence-electron chi connectivity index (χ3n) is 5.26. The van der Waals surface area contributed by atoms with Crippen LogP contribution < -0.4 is 5.32 Å². The number of esters is 1. The zero-order chi connectivity index (χ0) is 22.1. The molecule has 2 aromatic rings. The van der Waals surface area contributed by atoms with Crippen LogP contribution in [0.3, 0.4) is 0 Å². The van der Waals surface area contributed by atoms with Crippen molar-refractivity contribution in [2.75, 3.05) is 39.2 Å². The lowest BCUT2D eigenvalue weighted by molar-refractivity contribution is 0.0600. The van der Waals surface area contributed by atoms with Gasteiger partial charge in [0, 0.05) is 27.3 Å². The number of imidazole rings is 1. The fourth-order valence-corrected chi connectivity index (χ4v) is 4.28. The zero-order valence-electron chi connectivity index (χ0n) is 18.2. The van der Waals surface area contributed by atoms with Crippen LogP contribution in [0.2, 0.25) is 25.7 Å². The van der Waals surface area contributed by atoms with Crippen LogP contribution in [0.1, 0.15) is 16.8 Å². The number of hydrogen-bond acceptors (Lipinski definition) is 6. The van der Waals surface area contributed by atoms with Crippen molar-refractivity contribution in [3.63, 3.8) is 0 Å². The van der Waals surface area contributed by atoms with Crippen molar-refractivity contribution >= 4 is 31.0 Å². The number of ether oxygens (including phenoxy) is 2. The van der Waals surface area contributed by atoms with E-state index in [0.29, 0.717) is 12.6 Å². The summed E-state index contributed by atoms with van der Waals surface area (Å²) in [6.07, 6.45) is 0.900. The van der Waals surface area contributed by atoms with Gasteiger partial charge in [-0.2, -0.15) is 0 Å². The van der Waals surface area contributed by atoms with Gasteiger partial charge in [-0.05, 0) is 32.1 Å². The van der Waals surface area contributed by atoms with Crippen molar-refractivity contribution in [2.45, 2.75) is 44.9 Å². The molecule has 1 saturated heterocycles. The highest BCUT2D eigenvalue weighted by atomic mass is 28.3. The summed E-state index contributed by atoms with van der Waals surface area (Å²) in [5.74, 6) is -2.63. The number of carbonyl (C=O) groups excluding carboxylic acids is 1. The van der Waals surface area contributed by atoms with Gasteiger partial charge in [0.1, 0.15) is 12.2 Å². The van der Waals surface area contributed by atoms with Crippen molar-refractivity contribution < 1.29 is 23.0 Å². The minimum atomic E-state index is -1.29. The second kappa shape index (κ2) is 8.99. The molecular formula is C20H30F2N4O3Si. The first-order chi connectivity index (χ1) is 14.1. The molecule has 1 fully saturated rings. The summed E-state index contributed by atoms with van der Waals surface area (Å²) in [5, 5.41) is 3.31. The molecule has 1 aliphatic rings. The third kappa shape index (κ3) is 4.98. The third-order valence-corrected chi connectivity index (χ3v) is 6.96. The molecule has 0 unspecified atom stereocenters. The lowest BCUT2D eigenvalue weighted by Crippen LogP contribution is -2.26. The van der Waals surface area contributed by atoms with Gasteiger partial charge < -0.3 is 19.7 Å². The average Bonchev–Trinajstić information content (AvgIpc) is 3.24. The Balaban J connectivity index is 2.01. The number of carbonyl (C=O) groups is 1. The number of rotatable bonds is 8. The average molecular weight is 441 g/mol. The van der Waals surface area contributed by atoms with E-state index in [9.17, 15) is 13.6 Å². The molecule has 3 rings (SSSR count). The summed E-state index contributed by atoms with van der Waals surface area (Å²) in [4.78, 5) is 18.8. The summed E-state index contributed by atoms with van der Waals surface area (Å²) in [6.45, 7) is 9.10. The number of hydrogen-bond donors (Lipinski definition) is 1. The van der Waals surface area contributed by atoms with Gasteiger partial charge in [0.25, 0.3) is 0 Å². The number of likely N-dealkylation sites (N-methyl/N-ethyl adjacent to an activating group) is 1. The number of aromatic nitrogens is 2. The number of likely N-dealkylation sites (tertiary alicyclic amines) is 1. The quantitative estimate of drug-likeness (QED) is 0.385. The van der Waals surface area contributed by atoms with Gasteiger partial charge >= 0.3 is 5.97 Å². The van der Waals surface area contributed by atoms with Crippen molar-refractivity contribution in [2.24, 2.45) is 0 Å². The van der Waals surface area contributed by atoms with Crippen LogP contribution >= 0.6 is 0 Å². The van der Waals surface area contributed by atoms with Gasteiger partial charge in [0.15, 0.2) is 11.6 Å². The van der Waals surface area contributed by atoms with E-state index in [4.69, 9.17) is 9.47 Å². The summed E-state index contributed by atoms with van der Waals surface area (Å²) in [5.41, 5.74) is -0.120. The number of anilines is 1. The second-order valence-electron chi connectivity index (χ2n) is 9.01. The molecule has 2 heterocycles. The molecule has 30 heavy (non-hydrogen) atoms. The topological polar surface area (TPSA) is 68.6 Å². The van der Waals surface area contributed by atoms with E-state index in [-0.39, 0.29) is 29.4 Å². The van der Waals surface area contributed by atoms with Crippen LogP contribution in [0.4, 0.5) is 14.7 Å². The molecular weight excluding hydrogens is 410 g/mol. The maximum atomic E-state index is 14.6. The summed E-state index contributed by atoms with van der Waals surface area (Å²) < 4.78 is 41.0. The van der Waals surface area contributed by atoms with E-state index in [1.807, 2.05) is 7.05 Å². The van der Waals surface area contributed by atoms with Gasteiger partial charge in [-0.15, -0.1) is 0 Å². The highest BCUT2D eigenvalue weighted by molar-refractivity contribution is 6.76. The van der Waals surface area contributed by atoms with Crippen LogP contribution in [-0.2, 0) is 16.2 Å². The number of methoxy groups -OCH3 is 1. The first kappa shape index (κ1) is 22.6. The monoisotopic (exact) mass is 440 g/mol. The Labute approximate surface area is 176 Å². The predicted molar refractivity (Wildman–Crippen MR) is 115 cm³/mol. The second-order valence-corrected chi connectivity index (χ2v) is 14.6. The van der Waals surface area contributed by atoms with Gasteiger partial charge in [0.05, 0.1) is 18.2 Å². The molecule has 0 amide bonds. The fourth-order valence-electron chi connectivity index (χ4n) is 3.52. The molecule has 1 atom stereocenters. The molecule has 7 nitrogen and oxygen atoms in total. The Hall–Kier alpha value is -2.04. The first-order valence-corrected chi connectivity index (χ1v) is 13.8. The number of halogens is 2. The molecule has 1 aliphatic heterocycles. The lowest BCUT2D eigenvalue weighted by Gasteiger charge is -2.18. The van der Waals surface area contributed by atoms with Crippen molar-refractivity contribution in [3.05, 3.63) is 23.3 Å². The molecule has 1 aromatic heterocycles. The Bertz CT molecular complexity index is 929. The normalized spacial score (nSPS) is 17.6. The number of nitrogens with one attached hydrogen (secondary N) is 1. The van der Waals surface area contributed by atoms with E-state index in [2.05, 4.69) is 34.8 Å². The SMILES string of the molecule is COC(=O)c1cc(F)c(F)c2nc(N[C@H]3CCN(C)C3)n(COCC[Si](C)(C)C)c12. The minimum Gasteiger partial charge on any atom is -0.465 e. The van der Waals surface area contributed by atoms with E-state index in [1.54, 1.807) is 4.57 Å². The molecule has 166 valence electrons. The largest absolute Gasteiger partial charge is 0.465 e. The number of fused-ring (bicyclic) bond motifs is 1. The Morgan fingerprint density at radius 2 is 2.10 bits per heavy atom. The zero-order valence-corrected chi connectivity index (χ0v) is 19.2. The number of nitrogens with zero attached hydrogens (tertiary/aromatic N) is 3. The van der Waals surface area contributed by atoms with Crippen LogP contribution in [0.15, 0.2) is 6.07 Å². The van der Waals surface area contributed by atoms with Crippen LogP contribution in [0, 0.1) is 11.6 Å². The smallest absolute Gasteiger partial charge is 0.340 e. The summed E-state index contributed by atoms with van der Waals surface area (Å²) >= 11 is 0. The molecule has 10 heteroatoms. The van der Waals surface area contributed by atoms with Crippen LogP contribution in [0.5, 0.6) is 0 Å². The highest BCUT2D eigenvalue weighted by Gasteiger charge is 2.27. The molecule has 0 saturated carbocycles. The molecule has 0 bridgehead atoms. The fraction of sp³-hybridized carbons (Fsp3) is 0.600. The first-order valence-electron chi connectivity index (χ1n) is 10.1. The molecule has 0 radical (unpaired) electrons. The van der Waals surface area contributed by atoms with Gasteiger partial charge in [0.2, 0.25) is 5.95 Å². The maximum absolute atomic E-state index is 14.6. The van der Waals surface area contributed by atoms with Crippen LogP contribution in [-0.4, -0.2) is 68.4 Å². The van der Waals surface area contributed by atoms with Crippen molar-refractivity contribution in [3.8, 4) is 0 Å². The van der Waals surface area contributed by atoms with E-state index in [1.165, 1.54) is 7.11 Å². The predicted octanol–water partition coefficient (Wildman–Crippen LogP) is 3.53. The lowest BCUT2D eigenvalue weighted by atomic mass is 10.1. The number of benzene rings is 1. The van der Waals surface area contributed by atoms with Crippen molar-refractivity contribution in [1.82, 2.24) is 14.5 Å². The Kier molecular flexibility index (Phi) is 6.78. The Morgan fingerprint density at radius 3 is 2.70 bits per heavy atom. The minimum absolute atomic E-state index is 0.0704. The molecule has 1 N–H and O–H groups in total. The summed E-state index contributed by atoms with van der Waals surface area (Å²) in [6, 6.07) is 1.93. The molecule has 0 aliphatic carbocycles. The van der Waals surface area contributed by atoms with Gasteiger partial charge in [-0.1, -0.05) is 19.6 Å². The summed E-state index contributed by atoms with van der Waals surface area (Å²) in [7, 11) is 1.94. The molecule has 1 aromatic carbocycles. The van der Waals surface area contributed by atoms with E-state index < -0.39 is 25.7 Å². The van der Waals surface area contributed by atoms with Gasteiger partial charge in [-0.25, -0.2) is 18.6 Å². The van der Waals surface area contributed by atoms with Crippen molar-refractivity contribution in [1.29, 1.82) is 0 Å². The van der Waals surface area contributed by atoms with Gasteiger partial charge in [-0.3, -0.25) is 4.57 Å².